The quantitative estimate of drug-likeness (QED) is 0.393. The summed E-state index contributed by atoms with van der Waals surface area (Å²) in [5, 5.41) is 2.57. The Balaban J connectivity index is 3.43. The molecule has 0 heterocycles. The standard InChI is InChI=1S/C14H27F4N/c1-3-4-5-6-7-8-9-10-19-12-14(17,18)11-13(2,15)16/h19H,3-12H2,1-2H3. The van der Waals surface area contributed by atoms with Crippen LogP contribution < -0.4 is 5.32 Å². The highest BCUT2D eigenvalue weighted by Gasteiger charge is 2.39. The van der Waals surface area contributed by atoms with Crippen molar-refractivity contribution >= 4 is 0 Å². The van der Waals surface area contributed by atoms with Crippen molar-refractivity contribution in [3.05, 3.63) is 0 Å². The lowest BCUT2D eigenvalue weighted by Gasteiger charge is -2.20. The first-order chi connectivity index (χ1) is 8.77. The molecule has 0 rings (SSSR count). The molecule has 1 nitrogen and oxygen atoms in total. The largest absolute Gasteiger partial charge is 0.311 e. The Bertz CT molecular complexity index is 214. The van der Waals surface area contributed by atoms with Crippen LogP contribution in [-0.2, 0) is 0 Å². The fourth-order valence-electron chi connectivity index (χ4n) is 2.00. The van der Waals surface area contributed by atoms with Crippen LogP contribution in [0.2, 0.25) is 0 Å². The maximum Gasteiger partial charge on any atom is 0.266 e. The first kappa shape index (κ1) is 18.7. The summed E-state index contributed by atoms with van der Waals surface area (Å²) in [5.41, 5.74) is 0. The van der Waals surface area contributed by atoms with E-state index in [4.69, 9.17) is 0 Å². The van der Waals surface area contributed by atoms with Gasteiger partial charge < -0.3 is 5.32 Å². The van der Waals surface area contributed by atoms with Crippen LogP contribution in [0.15, 0.2) is 0 Å². The monoisotopic (exact) mass is 285 g/mol. The predicted octanol–water partition coefficient (Wildman–Crippen LogP) is 5.01. The maximum absolute atomic E-state index is 13.1. The van der Waals surface area contributed by atoms with Gasteiger partial charge in [0.2, 0.25) is 0 Å². The van der Waals surface area contributed by atoms with Crippen molar-refractivity contribution in [3.63, 3.8) is 0 Å². The number of hydrogen-bond donors (Lipinski definition) is 1. The van der Waals surface area contributed by atoms with Gasteiger partial charge in [-0.1, -0.05) is 45.4 Å². The van der Waals surface area contributed by atoms with E-state index in [9.17, 15) is 17.6 Å². The lowest BCUT2D eigenvalue weighted by atomic mass is 10.1. The molecule has 5 heteroatoms. The Labute approximate surface area is 114 Å². The summed E-state index contributed by atoms with van der Waals surface area (Å²) < 4.78 is 51.2. The van der Waals surface area contributed by atoms with Gasteiger partial charge in [0.25, 0.3) is 11.8 Å². The fraction of sp³-hybridized carbons (Fsp3) is 1.00. The normalized spacial score (nSPS) is 12.9. The molecule has 0 saturated carbocycles. The Kier molecular flexibility index (Phi) is 9.40. The van der Waals surface area contributed by atoms with Crippen LogP contribution in [0, 0.1) is 0 Å². The van der Waals surface area contributed by atoms with Crippen molar-refractivity contribution in [2.45, 2.75) is 77.1 Å². The molecule has 0 radical (unpaired) electrons. The van der Waals surface area contributed by atoms with Crippen molar-refractivity contribution in [1.82, 2.24) is 5.32 Å². The van der Waals surface area contributed by atoms with Gasteiger partial charge in [-0.25, -0.2) is 17.6 Å². The minimum absolute atomic E-state index is 0.471. The molecule has 0 aromatic heterocycles. The van der Waals surface area contributed by atoms with Gasteiger partial charge in [-0.2, -0.15) is 0 Å². The summed E-state index contributed by atoms with van der Waals surface area (Å²) in [6, 6.07) is 0. The van der Waals surface area contributed by atoms with Gasteiger partial charge >= 0.3 is 0 Å². The van der Waals surface area contributed by atoms with E-state index in [1.54, 1.807) is 0 Å². The zero-order chi connectivity index (χ0) is 14.8. The molecule has 1 N–H and O–H groups in total. The van der Waals surface area contributed by atoms with Crippen LogP contribution in [0.25, 0.3) is 0 Å². The van der Waals surface area contributed by atoms with E-state index in [0.717, 1.165) is 19.3 Å². The number of halogens is 4. The molecule has 116 valence electrons. The Morgan fingerprint density at radius 2 is 1.37 bits per heavy atom. The van der Waals surface area contributed by atoms with E-state index in [0.29, 0.717) is 13.5 Å². The third-order valence-corrected chi connectivity index (χ3v) is 2.91. The summed E-state index contributed by atoms with van der Waals surface area (Å²) in [7, 11) is 0. The zero-order valence-corrected chi connectivity index (χ0v) is 12.1. The predicted molar refractivity (Wildman–Crippen MR) is 71.0 cm³/mol. The Hall–Kier alpha value is -0.320. The first-order valence-corrected chi connectivity index (χ1v) is 7.23. The molecule has 0 saturated heterocycles. The van der Waals surface area contributed by atoms with E-state index in [1.807, 2.05) is 0 Å². The van der Waals surface area contributed by atoms with Gasteiger partial charge in [-0.3, -0.25) is 0 Å². The molecule has 0 fully saturated rings. The van der Waals surface area contributed by atoms with Crippen LogP contribution in [0.4, 0.5) is 17.6 Å². The molecule has 0 spiro atoms. The second-order valence-electron chi connectivity index (χ2n) is 5.40. The number of unbranched alkanes of at least 4 members (excludes halogenated alkanes) is 6. The van der Waals surface area contributed by atoms with E-state index >= 15 is 0 Å². The molecule has 0 aromatic rings. The molecular weight excluding hydrogens is 258 g/mol. The van der Waals surface area contributed by atoms with E-state index in [1.165, 1.54) is 25.7 Å². The average molecular weight is 285 g/mol. The van der Waals surface area contributed by atoms with Gasteiger partial charge in [-0.05, 0) is 19.9 Å². The molecule has 0 aliphatic rings. The van der Waals surface area contributed by atoms with Crippen LogP contribution in [0.3, 0.4) is 0 Å². The second-order valence-corrected chi connectivity index (χ2v) is 5.40. The highest BCUT2D eigenvalue weighted by Crippen LogP contribution is 2.29. The molecule has 0 bridgehead atoms. The Morgan fingerprint density at radius 3 is 1.89 bits per heavy atom. The summed E-state index contributed by atoms with van der Waals surface area (Å²) >= 11 is 0. The minimum atomic E-state index is -3.33. The van der Waals surface area contributed by atoms with Crippen molar-refractivity contribution < 1.29 is 17.6 Å². The van der Waals surface area contributed by atoms with E-state index in [2.05, 4.69) is 12.2 Å². The Morgan fingerprint density at radius 1 is 0.842 bits per heavy atom. The van der Waals surface area contributed by atoms with Crippen molar-refractivity contribution in [2.24, 2.45) is 0 Å². The van der Waals surface area contributed by atoms with Gasteiger partial charge in [0.1, 0.15) is 0 Å². The van der Waals surface area contributed by atoms with Gasteiger partial charge in [0.05, 0.1) is 13.0 Å². The molecule has 0 aromatic carbocycles. The number of rotatable bonds is 12. The summed E-state index contributed by atoms with van der Waals surface area (Å²) in [6.45, 7) is 2.49. The third-order valence-electron chi connectivity index (χ3n) is 2.91. The number of hydrogen-bond acceptors (Lipinski definition) is 1. The highest BCUT2D eigenvalue weighted by molar-refractivity contribution is 4.76. The van der Waals surface area contributed by atoms with Gasteiger partial charge in [0, 0.05) is 0 Å². The number of alkyl halides is 4. The minimum Gasteiger partial charge on any atom is -0.311 e. The molecule has 0 unspecified atom stereocenters. The lowest BCUT2D eigenvalue weighted by molar-refractivity contribution is -0.0984. The van der Waals surface area contributed by atoms with Crippen molar-refractivity contribution in [3.8, 4) is 0 Å². The van der Waals surface area contributed by atoms with Gasteiger partial charge in [0.15, 0.2) is 0 Å². The first-order valence-electron chi connectivity index (χ1n) is 7.23. The maximum atomic E-state index is 13.1. The molecular formula is C14H27F4N. The molecule has 0 aliphatic heterocycles. The summed E-state index contributed by atoms with van der Waals surface area (Å²) in [6.07, 6.45) is 6.43. The SMILES string of the molecule is CCCCCCCCCNCC(F)(F)CC(C)(F)F. The van der Waals surface area contributed by atoms with Crippen LogP contribution in [0.1, 0.15) is 65.2 Å². The van der Waals surface area contributed by atoms with Crippen molar-refractivity contribution in [1.29, 1.82) is 0 Å². The third kappa shape index (κ3) is 13.9. The summed E-state index contributed by atoms with van der Waals surface area (Å²) in [5.74, 6) is -6.65. The smallest absolute Gasteiger partial charge is 0.266 e. The molecule has 0 amide bonds. The second kappa shape index (κ2) is 9.56. The van der Waals surface area contributed by atoms with Crippen molar-refractivity contribution in [2.75, 3.05) is 13.1 Å². The highest BCUT2D eigenvalue weighted by atomic mass is 19.3. The fourth-order valence-corrected chi connectivity index (χ4v) is 2.00. The van der Waals surface area contributed by atoms with Crippen LogP contribution in [0.5, 0.6) is 0 Å². The van der Waals surface area contributed by atoms with Crippen LogP contribution in [-0.4, -0.2) is 24.9 Å². The number of nitrogens with one attached hydrogen (secondary N) is 1. The van der Waals surface area contributed by atoms with Crippen LogP contribution >= 0.6 is 0 Å². The van der Waals surface area contributed by atoms with Gasteiger partial charge in [-0.15, -0.1) is 0 Å². The average Bonchev–Trinajstić information content (AvgIpc) is 2.23. The summed E-state index contributed by atoms with van der Waals surface area (Å²) in [4.78, 5) is 0. The molecule has 19 heavy (non-hydrogen) atoms. The zero-order valence-electron chi connectivity index (χ0n) is 12.1. The molecule has 0 atom stereocenters. The lowest BCUT2D eigenvalue weighted by Crippen LogP contribution is -2.37. The molecule has 0 aliphatic carbocycles. The topological polar surface area (TPSA) is 12.0 Å². The van der Waals surface area contributed by atoms with E-state index < -0.39 is 24.8 Å². The van der Waals surface area contributed by atoms with E-state index in [-0.39, 0.29) is 0 Å².